The molecule has 1 saturated heterocycles. The van der Waals surface area contributed by atoms with Crippen molar-refractivity contribution in [2.75, 3.05) is 11.8 Å². The minimum absolute atomic E-state index is 0.0358. The van der Waals surface area contributed by atoms with E-state index >= 15 is 0 Å². The number of amides is 2. The number of carbonyl (C=O) groups excluding carboxylic acids is 2. The predicted molar refractivity (Wildman–Crippen MR) is 67.8 cm³/mol. The van der Waals surface area contributed by atoms with E-state index in [4.69, 9.17) is 23.2 Å². The first kappa shape index (κ1) is 12.0. The highest BCUT2D eigenvalue weighted by Crippen LogP contribution is 2.37. The van der Waals surface area contributed by atoms with E-state index < -0.39 is 0 Å². The van der Waals surface area contributed by atoms with E-state index in [-0.39, 0.29) is 23.9 Å². The fraction of sp³-hybridized carbons (Fsp3) is 0.333. The van der Waals surface area contributed by atoms with Gasteiger partial charge in [0.1, 0.15) is 0 Å². The first-order valence-electron chi connectivity index (χ1n) is 5.58. The highest BCUT2D eigenvalue weighted by Gasteiger charge is 2.56. The number of benzene rings is 1. The van der Waals surface area contributed by atoms with Gasteiger partial charge in [-0.2, -0.15) is 5.01 Å². The smallest absolute Gasteiger partial charge is 0.267 e. The third kappa shape index (κ3) is 1.49. The number of rotatable bonds is 3. The molecule has 94 valence electrons. The van der Waals surface area contributed by atoms with Crippen LogP contribution in [0.5, 0.6) is 0 Å². The molecule has 0 N–H and O–H groups in total. The summed E-state index contributed by atoms with van der Waals surface area (Å²) in [6.07, 6.45) is 0. The number of halogens is 2. The number of carbonyl (C=O) groups is 2. The van der Waals surface area contributed by atoms with Crippen molar-refractivity contribution in [2.45, 2.75) is 12.1 Å². The number of hydrogen-bond acceptors (Lipinski definition) is 3. The van der Waals surface area contributed by atoms with Gasteiger partial charge in [0.2, 0.25) is 0 Å². The van der Waals surface area contributed by atoms with Crippen molar-refractivity contribution < 1.29 is 9.59 Å². The van der Waals surface area contributed by atoms with Crippen LogP contribution in [0.3, 0.4) is 0 Å². The lowest BCUT2D eigenvalue weighted by Gasteiger charge is -2.15. The van der Waals surface area contributed by atoms with E-state index in [1.807, 2.05) is 0 Å². The molecule has 0 unspecified atom stereocenters. The largest absolute Gasteiger partial charge is 0.276 e. The molecular formula is C12H10Cl2N2O2. The van der Waals surface area contributed by atoms with Gasteiger partial charge < -0.3 is 0 Å². The summed E-state index contributed by atoms with van der Waals surface area (Å²) < 4.78 is 0. The summed E-state index contributed by atoms with van der Waals surface area (Å²) in [5.74, 6) is 0.118. The first-order valence-corrected chi connectivity index (χ1v) is 6.65. The zero-order valence-corrected chi connectivity index (χ0v) is 10.9. The fourth-order valence-corrected chi connectivity index (χ4v) is 3.04. The topological polar surface area (TPSA) is 40.4 Å². The number of alkyl halides is 2. The Balaban J connectivity index is 1.94. The van der Waals surface area contributed by atoms with Gasteiger partial charge in [0.05, 0.1) is 23.2 Å². The van der Waals surface area contributed by atoms with Crippen molar-refractivity contribution in [3.05, 3.63) is 35.4 Å². The van der Waals surface area contributed by atoms with E-state index in [1.54, 1.807) is 29.3 Å². The molecule has 2 heterocycles. The maximum absolute atomic E-state index is 12.2. The monoisotopic (exact) mass is 284 g/mol. The van der Waals surface area contributed by atoms with Crippen molar-refractivity contribution in [2.24, 2.45) is 0 Å². The van der Waals surface area contributed by atoms with Crippen LogP contribution in [0.15, 0.2) is 24.3 Å². The quantitative estimate of drug-likeness (QED) is 0.482. The van der Waals surface area contributed by atoms with Crippen molar-refractivity contribution >= 4 is 35.0 Å². The molecule has 6 heteroatoms. The molecule has 2 aliphatic rings. The fourth-order valence-electron chi connectivity index (χ4n) is 2.35. The number of hydrogen-bond donors (Lipinski definition) is 0. The molecule has 3 rings (SSSR count). The van der Waals surface area contributed by atoms with Crippen LogP contribution in [0, 0.1) is 0 Å². The van der Waals surface area contributed by atoms with Crippen molar-refractivity contribution in [3.63, 3.8) is 0 Å². The van der Waals surface area contributed by atoms with Crippen LogP contribution in [0.4, 0.5) is 0 Å². The molecular weight excluding hydrogens is 275 g/mol. The van der Waals surface area contributed by atoms with Gasteiger partial charge >= 0.3 is 0 Å². The van der Waals surface area contributed by atoms with Gasteiger partial charge in [0, 0.05) is 11.8 Å². The molecule has 0 aliphatic carbocycles. The Bertz CT molecular complexity index is 490. The lowest BCUT2D eigenvalue weighted by molar-refractivity contribution is 0.0353. The standard InChI is InChI=1S/C12H10Cl2N2O2/c13-5-9-10(6-14)15(9)16-11(17)7-3-1-2-4-8(7)12(16)18/h1-4,9-10H,5-6H2/t9-,10-/m0/s1. The van der Waals surface area contributed by atoms with Gasteiger partial charge in [-0.25, -0.2) is 5.01 Å². The van der Waals surface area contributed by atoms with Crippen molar-refractivity contribution in [1.82, 2.24) is 10.0 Å². The van der Waals surface area contributed by atoms with Gasteiger partial charge in [-0.1, -0.05) is 12.1 Å². The lowest BCUT2D eigenvalue weighted by atomic mass is 10.1. The highest BCUT2D eigenvalue weighted by atomic mass is 35.5. The van der Waals surface area contributed by atoms with E-state index in [0.717, 1.165) is 0 Å². The number of hydrazine groups is 1. The molecule has 2 aliphatic heterocycles. The maximum atomic E-state index is 12.2. The van der Waals surface area contributed by atoms with Gasteiger partial charge in [-0.05, 0) is 12.1 Å². The molecule has 0 spiro atoms. The Morgan fingerprint density at radius 3 is 1.78 bits per heavy atom. The molecule has 4 nitrogen and oxygen atoms in total. The van der Waals surface area contributed by atoms with Gasteiger partial charge in [0.25, 0.3) is 11.8 Å². The van der Waals surface area contributed by atoms with E-state index in [2.05, 4.69) is 0 Å². The summed E-state index contributed by atoms with van der Waals surface area (Å²) >= 11 is 11.6. The average Bonchev–Trinajstić information content (AvgIpc) is 3.05. The van der Waals surface area contributed by atoms with Crippen molar-refractivity contribution in [3.8, 4) is 0 Å². The summed E-state index contributed by atoms with van der Waals surface area (Å²) in [4.78, 5) is 24.4. The number of nitrogens with zero attached hydrogens (tertiary/aromatic N) is 2. The average molecular weight is 285 g/mol. The maximum Gasteiger partial charge on any atom is 0.276 e. The molecule has 1 aromatic rings. The van der Waals surface area contributed by atoms with Gasteiger partial charge in [-0.3, -0.25) is 9.59 Å². The zero-order chi connectivity index (χ0) is 12.9. The second-order valence-corrected chi connectivity index (χ2v) is 4.91. The molecule has 0 aromatic heterocycles. The second-order valence-electron chi connectivity index (χ2n) is 4.29. The molecule has 1 aromatic carbocycles. The summed E-state index contributed by atoms with van der Waals surface area (Å²) in [5.41, 5.74) is 0.882. The molecule has 0 radical (unpaired) electrons. The first-order chi connectivity index (χ1) is 8.70. The lowest BCUT2D eigenvalue weighted by Crippen LogP contribution is -2.37. The zero-order valence-electron chi connectivity index (χ0n) is 9.35. The normalized spacial score (nSPS) is 29.7. The minimum atomic E-state index is -0.293. The molecule has 18 heavy (non-hydrogen) atoms. The van der Waals surface area contributed by atoms with Crippen LogP contribution in [-0.4, -0.2) is 45.7 Å². The minimum Gasteiger partial charge on any atom is -0.267 e. The summed E-state index contributed by atoms with van der Waals surface area (Å²) in [7, 11) is 0. The Hall–Kier alpha value is -1.10. The molecule has 0 bridgehead atoms. The van der Waals surface area contributed by atoms with E-state index in [0.29, 0.717) is 22.9 Å². The molecule has 2 amide bonds. The SMILES string of the molecule is O=C1c2ccccc2C(=O)N1N1[C@@H](CCl)[C@@H]1CCl. The van der Waals surface area contributed by atoms with E-state index in [1.165, 1.54) is 5.01 Å². The van der Waals surface area contributed by atoms with Crippen LogP contribution in [0.1, 0.15) is 20.7 Å². The third-order valence-electron chi connectivity index (χ3n) is 3.35. The third-order valence-corrected chi connectivity index (χ3v) is 3.99. The summed E-state index contributed by atoms with van der Waals surface area (Å²) in [5, 5.41) is 2.84. The Kier molecular flexibility index (Phi) is 2.81. The van der Waals surface area contributed by atoms with E-state index in [9.17, 15) is 9.59 Å². The second kappa shape index (κ2) is 4.23. The Morgan fingerprint density at radius 2 is 1.39 bits per heavy atom. The number of fused-ring (bicyclic) bond motifs is 1. The van der Waals surface area contributed by atoms with Crippen LogP contribution in [-0.2, 0) is 0 Å². The molecule has 1 fully saturated rings. The van der Waals surface area contributed by atoms with Crippen molar-refractivity contribution in [1.29, 1.82) is 0 Å². The summed E-state index contributed by atoms with van der Waals surface area (Å²) in [6, 6.07) is 6.73. The van der Waals surface area contributed by atoms with Gasteiger partial charge in [-0.15, -0.1) is 23.2 Å². The Morgan fingerprint density at radius 1 is 0.944 bits per heavy atom. The van der Waals surface area contributed by atoms with Gasteiger partial charge in [0.15, 0.2) is 0 Å². The van der Waals surface area contributed by atoms with Crippen LogP contribution in [0.2, 0.25) is 0 Å². The molecule has 2 atom stereocenters. The highest BCUT2D eigenvalue weighted by molar-refractivity contribution is 6.22. The summed E-state index contributed by atoms with van der Waals surface area (Å²) in [6.45, 7) is 0. The number of imide groups is 1. The van der Waals surface area contributed by atoms with Crippen LogP contribution in [0.25, 0.3) is 0 Å². The van der Waals surface area contributed by atoms with Crippen LogP contribution < -0.4 is 0 Å². The van der Waals surface area contributed by atoms with Crippen LogP contribution >= 0.6 is 23.2 Å². The predicted octanol–water partition coefficient (Wildman–Crippen LogP) is 1.73. The Labute approximate surface area is 114 Å². The molecule has 0 saturated carbocycles.